The molecule has 0 aliphatic carbocycles. The van der Waals surface area contributed by atoms with Crippen molar-refractivity contribution in [3.63, 3.8) is 0 Å². The maximum atomic E-state index is 12.2. The number of benzene rings is 2. The molecule has 0 amide bonds. The predicted octanol–water partition coefficient (Wildman–Crippen LogP) is 3.10. The summed E-state index contributed by atoms with van der Waals surface area (Å²) >= 11 is 0. The molecule has 0 heterocycles. The van der Waals surface area contributed by atoms with E-state index in [4.69, 9.17) is 14.2 Å². The first kappa shape index (κ1) is 18.2. The quantitative estimate of drug-likeness (QED) is 0.647. The van der Waals surface area contributed by atoms with E-state index in [1.165, 1.54) is 0 Å². The Balaban J connectivity index is 2.17. The number of carbonyl (C=O) groups excluding carboxylic acids is 1. The number of nitrogens with one attached hydrogen (secondary N) is 1. The molecule has 0 fully saturated rings. The molecule has 0 spiro atoms. The highest BCUT2D eigenvalue weighted by Gasteiger charge is 2.17. The zero-order valence-corrected chi connectivity index (χ0v) is 14.5. The molecule has 0 aliphatic rings. The third-order valence-corrected chi connectivity index (χ3v) is 3.37. The van der Waals surface area contributed by atoms with Crippen molar-refractivity contribution >= 4 is 11.7 Å². The second-order valence-corrected chi connectivity index (χ2v) is 5.06. The summed E-state index contributed by atoms with van der Waals surface area (Å²) in [6.07, 6.45) is 0. The van der Waals surface area contributed by atoms with Crippen LogP contribution in [0.5, 0.6) is 11.5 Å². The molecule has 5 nitrogen and oxygen atoms in total. The van der Waals surface area contributed by atoms with E-state index in [1.54, 1.807) is 33.3 Å². The van der Waals surface area contributed by atoms with Crippen molar-refractivity contribution in [3.8, 4) is 23.3 Å². The molecule has 1 atom stereocenters. The summed E-state index contributed by atoms with van der Waals surface area (Å²) in [6.45, 7) is 2.06. The van der Waals surface area contributed by atoms with Crippen LogP contribution in [0.4, 0.5) is 5.69 Å². The fourth-order valence-corrected chi connectivity index (χ4v) is 2.06. The minimum atomic E-state index is -0.768. The Morgan fingerprint density at radius 2 is 1.56 bits per heavy atom. The van der Waals surface area contributed by atoms with Crippen LogP contribution in [-0.2, 0) is 9.53 Å². The first-order valence-corrected chi connectivity index (χ1v) is 7.89. The lowest BCUT2D eigenvalue weighted by Gasteiger charge is -2.13. The number of methoxy groups -OCH3 is 2. The molecule has 2 aromatic carbocycles. The van der Waals surface area contributed by atoms with Gasteiger partial charge in [-0.1, -0.05) is 11.8 Å². The zero-order valence-electron chi connectivity index (χ0n) is 14.5. The van der Waals surface area contributed by atoms with E-state index in [9.17, 15) is 4.79 Å². The molecular weight excluding hydrogens is 318 g/mol. The van der Waals surface area contributed by atoms with Gasteiger partial charge in [-0.05, 0) is 55.5 Å². The van der Waals surface area contributed by atoms with Crippen LogP contribution < -0.4 is 14.8 Å². The largest absolute Gasteiger partial charge is 0.497 e. The Morgan fingerprint density at radius 1 is 1.00 bits per heavy atom. The summed E-state index contributed by atoms with van der Waals surface area (Å²) in [5, 5.41) is 3.08. The lowest BCUT2D eigenvalue weighted by molar-refractivity contribution is -0.142. The van der Waals surface area contributed by atoms with Gasteiger partial charge in [-0.3, -0.25) is 0 Å². The minimum Gasteiger partial charge on any atom is -0.497 e. The summed E-state index contributed by atoms with van der Waals surface area (Å²) in [4.78, 5) is 12.2. The van der Waals surface area contributed by atoms with E-state index in [0.717, 1.165) is 22.7 Å². The number of rotatable bonds is 6. The van der Waals surface area contributed by atoms with Gasteiger partial charge < -0.3 is 19.5 Å². The summed E-state index contributed by atoms with van der Waals surface area (Å²) < 4.78 is 15.3. The van der Waals surface area contributed by atoms with Gasteiger partial charge in [-0.25, -0.2) is 4.79 Å². The summed E-state index contributed by atoms with van der Waals surface area (Å²) in [7, 11) is 3.21. The maximum absolute atomic E-state index is 12.2. The summed E-state index contributed by atoms with van der Waals surface area (Å²) in [5.74, 6) is 6.99. The number of esters is 1. The third kappa shape index (κ3) is 5.47. The van der Waals surface area contributed by atoms with Gasteiger partial charge >= 0.3 is 5.97 Å². The van der Waals surface area contributed by atoms with Gasteiger partial charge in [-0.15, -0.1) is 0 Å². The topological polar surface area (TPSA) is 56.8 Å². The van der Waals surface area contributed by atoms with Gasteiger partial charge in [0.15, 0.2) is 6.04 Å². The van der Waals surface area contributed by atoms with Crippen LogP contribution in [0.1, 0.15) is 12.5 Å². The van der Waals surface area contributed by atoms with Gasteiger partial charge in [0.25, 0.3) is 0 Å². The standard InChI is InChI=1S/C20H21NO4/c1-4-25-20(22)19(21-16-8-12-18(24-3)13-9-16)14-7-15-5-10-17(23-2)11-6-15/h5-6,8-13,19,21H,4H2,1-3H3/t19-/m0/s1. The molecule has 0 aliphatic heterocycles. The van der Waals surface area contributed by atoms with Crippen LogP contribution in [0.15, 0.2) is 48.5 Å². The fraction of sp³-hybridized carbons (Fsp3) is 0.250. The fourth-order valence-electron chi connectivity index (χ4n) is 2.06. The van der Waals surface area contributed by atoms with Crippen molar-refractivity contribution in [2.45, 2.75) is 13.0 Å². The molecule has 2 rings (SSSR count). The van der Waals surface area contributed by atoms with Crippen LogP contribution in [0.2, 0.25) is 0 Å². The van der Waals surface area contributed by atoms with E-state index in [-0.39, 0.29) is 0 Å². The predicted molar refractivity (Wildman–Crippen MR) is 96.9 cm³/mol. The van der Waals surface area contributed by atoms with E-state index in [0.29, 0.717) is 6.61 Å². The number of hydrogen-bond acceptors (Lipinski definition) is 5. The average Bonchev–Trinajstić information content (AvgIpc) is 2.66. The second-order valence-electron chi connectivity index (χ2n) is 5.06. The lowest BCUT2D eigenvalue weighted by Crippen LogP contribution is -2.30. The number of ether oxygens (including phenoxy) is 3. The highest BCUT2D eigenvalue weighted by Crippen LogP contribution is 2.16. The van der Waals surface area contributed by atoms with Gasteiger partial charge in [0.1, 0.15) is 11.5 Å². The molecule has 5 heteroatoms. The maximum Gasteiger partial charge on any atom is 0.341 e. The smallest absolute Gasteiger partial charge is 0.341 e. The van der Waals surface area contributed by atoms with Crippen molar-refractivity contribution in [2.24, 2.45) is 0 Å². The Kier molecular flexibility index (Phi) is 6.73. The van der Waals surface area contributed by atoms with Gasteiger partial charge in [0.2, 0.25) is 0 Å². The molecule has 0 aromatic heterocycles. The van der Waals surface area contributed by atoms with Crippen molar-refractivity contribution < 1.29 is 19.0 Å². The van der Waals surface area contributed by atoms with Crippen LogP contribution in [-0.4, -0.2) is 32.8 Å². The molecule has 0 bridgehead atoms. The first-order valence-electron chi connectivity index (χ1n) is 7.89. The normalized spacial score (nSPS) is 10.8. The Bertz CT molecular complexity index is 742. The van der Waals surface area contributed by atoms with Gasteiger partial charge in [-0.2, -0.15) is 0 Å². The molecule has 1 N–H and O–H groups in total. The van der Waals surface area contributed by atoms with E-state index in [2.05, 4.69) is 17.2 Å². The highest BCUT2D eigenvalue weighted by molar-refractivity contribution is 5.83. The van der Waals surface area contributed by atoms with Crippen molar-refractivity contribution in [2.75, 3.05) is 26.1 Å². The van der Waals surface area contributed by atoms with E-state index in [1.807, 2.05) is 36.4 Å². The van der Waals surface area contributed by atoms with Crippen molar-refractivity contribution in [1.29, 1.82) is 0 Å². The van der Waals surface area contributed by atoms with Crippen LogP contribution in [0.3, 0.4) is 0 Å². The number of carbonyl (C=O) groups is 1. The SMILES string of the molecule is CCOC(=O)[C@H](C#Cc1ccc(OC)cc1)Nc1ccc(OC)cc1. The zero-order chi connectivity index (χ0) is 18.1. The molecule has 0 saturated carbocycles. The molecule has 0 radical (unpaired) electrons. The number of hydrogen-bond donors (Lipinski definition) is 1. The molecule has 25 heavy (non-hydrogen) atoms. The van der Waals surface area contributed by atoms with E-state index < -0.39 is 12.0 Å². The van der Waals surface area contributed by atoms with Crippen LogP contribution in [0, 0.1) is 11.8 Å². The van der Waals surface area contributed by atoms with Crippen molar-refractivity contribution in [3.05, 3.63) is 54.1 Å². The summed E-state index contributed by atoms with van der Waals surface area (Å²) in [6, 6.07) is 13.8. The number of anilines is 1. The monoisotopic (exact) mass is 339 g/mol. The molecule has 130 valence electrons. The Labute approximate surface area is 147 Å². The van der Waals surface area contributed by atoms with Crippen molar-refractivity contribution in [1.82, 2.24) is 0 Å². The summed E-state index contributed by atoms with van der Waals surface area (Å²) in [5.41, 5.74) is 1.54. The second kappa shape index (κ2) is 9.24. The van der Waals surface area contributed by atoms with Gasteiger partial charge in [0, 0.05) is 11.3 Å². The molecule has 0 saturated heterocycles. The third-order valence-electron chi connectivity index (χ3n) is 3.37. The first-order chi connectivity index (χ1) is 12.2. The lowest BCUT2D eigenvalue weighted by atomic mass is 10.2. The molecule has 0 unspecified atom stereocenters. The highest BCUT2D eigenvalue weighted by atomic mass is 16.5. The Morgan fingerprint density at radius 3 is 2.08 bits per heavy atom. The van der Waals surface area contributed by atoms with Crippen LogP contribution in [0.25, 0.3) is 0 Å². The minimum absolute atomic E-state index is 0.295. The average molecular weight is 339 g/mol. The molecule has 2 aromatic rings. The van der Waals surface area contributed by atoms with Gasteiger partial charge in [0.05, 0.1) is 20.8 Å². The van der Waals surface area contributed by atoms with E-state index >= 15 is 0 Å². The Hall–Kier alpha value is -3.13. The molecular formula is C20H21NO4. The van der Waals surface area contributed by atoms with Crippen LogP contribution >= 0.6 is 0 Å².